The van der Waals surface area contributed by atoms with E-state index in [9.17, 15) is 0 Å². The molecule has 5 heteroatoms. The number of hydrogen-bond acceptors (Lipinski definition) is 3. The zero-order chi connectivity index (χ0) is 14.6. The number of hydrogen-bond donors (Lipinski definition) is 1. The normalized spacial score (nSPS) is 11.6. The number of anilines is 1. The van der Waals surface area contributed by atoms with E-state index in [4.69, 9.17) is 33.7 Å². The third-order valence-electron chi connectivity index (χ3n) is 2.94. The van der Waals surface area contributed by atoms with Crippen molar-refractivity contribution in [3.05, 3.63) is 22.2 Å². The molecule has 108 valence electrons. The largest absolute Gasteiger partial charge is 0.489 e. The van der Waals surface area contributed by atoms with E-state index in [-0.39, 0.29) is 0 Å². The summed E-state index contributed by atoms with van der Waals surface area (Å²) in [5.41, 5.74) is 6.19. The number of ether oxygens (including phenoxy) is 1. The molecule has 0 aliphatic rings. The van der Waals surface area contributed by atoms with Crippen molar-refractivity contribution >= 4 is 28.9 Å². The van der Waals surface area contributed by atoms with Gasteiger partial charge in [0.15, 0.2) is 5.75 Å². The highest BCUT2D eigenvalue weighted by Crippen LogP contribution is 2.35. The Labute approximate surface area is 125 Å². The third kappa shape index (κ3) is 4.75. The van der Waals surface area contributed by atoms with Crippen molar-refractivity contribution in [2.45, 2.75) is 39.8 Å². The Kier molecular flexibility index (Phi) is 6.24. The molecule has 0 saturated carbocycles. The lowest BCUT2D eigenvalue weighted by Crippen LogP contribution is -2.39. The minimum atomic E-state index is 0.450. The molecule has 0 bridgehead atoms. The third-order valence-corrected chi connectivity index (χ3v) is 3.50. The molecule has 0 heterocycles. The van der Waals surface area contributed by atoms with Gasteiger partial charge in [-0.05, 0) is 39.8 Å². The first kappa shape index (κ1) is 16.4. The van der Waals surface area contributed by atoms with Crippen molar-refractivity contribution in [1.82, 2.24) is 4.90 Å². The molecule has 0 aliphatic heterocycles. The molecule has 0 aromatic heterocycles. The van der Waals surface area contributed by atoms with Gasteiger partial charge in [-0.3, -0.25) is 4.90 Å². The van der Waals surface area contributed by atoms with Crippen LogP contribution in [0.15, 0.2) is 12.1 Å². The molecule has 3 nitrogen and oxygen atoms in total. The Morgan fingerprint density at radius 3 is 2.00 bits per heavy atom. The second kappa shape index (κ2) is 7.22. The smallest absolute Gasteiger partial charge is 0.156 e. The first-order valence-electron chi connectivity index (χ1n) is 6.46. The van der Waals surface area contributed by atoms with Gasteiger partial charge in [-0.15, -0.1) is 0 Å². The van der Waals surface area contributed by atoms with E-state index in [1.807, 2.05) is 0 Å². The van der Waals surface area contributed by atoms with Crippen LogP contribution in [0.2, 0.25) is 10.0 Å². The van der Waals surface area contributed by atoms with Gasteiger partial charge in [-0.25, -0.2) is 0 Å². The topological polar surface area (TPSA) is 38.5 Å². The van der Waals surface area contributed by atoms with Crippen LogP contribution >= 0.6 is 23.2 Å². The fourth-order valence-corrected chi connectivity index (χ4v) is 2.70. The molecule has 0 radical (unpaired) electrons. The van der Waals surface area contributed by atoms with Crippen molar-refractivity contribution in [1.29, 1.82) is 0 Å². The zero-order valence-corrected chi connectivity index (χ0v) is 13.4. The molecule has 2 N–H and O–H groups in total. The molecule has 0 unspecified atom stereocenters. The number of nitrogens with zero attached hydrogens (tertiary/aromatic N) is 1. The Morgan fingerprint density at radius 2 is 1.58 bits per heavy atom. The summed E-state index contributed by atoms with van der Waals surface area (Å²) in [5.74, 6) is 0.505. The number of benzene rings is 1. The van der Waals surface area contributed by atoms with Crippen LogP contribution < -0.4 is 10.5 Å². The van der Waals surface area contributed by atoms with Crippen molar-refractivity contribution in [2.24, 2.45) is 0 Å². The average Bonchev–Trinajstić information content (AvgIpc) is 2.25. The maximum Gasteiger partial charge on any atom is 0.156 e. The molecule has 0 saturated heterocycles. The quantitative estimate of drug-likeness (QED) is 0.805. The number of halogens is 2. The predicted octanol–water partition coefficient (Wildman–Crippen LogP) is 4.07. The van der Waals surface area contributed by atoms with E-state index in [1.165, 1.54) is 0 Å². The van der Waals surface area contributed by atoms with Crippen molar-refractivity contribution in [3.63, 3.8) is 0 Å². The number of nitrogen functional groups attached to an aromatic ring is 1. The molecular formula is C14H22Cl2N2O. The zero-order valence-electron chi connectivity index (χ0n) is 11.9. The highest BCUT2D eigenvalue weighted by molar-refractivity contribution is 6.37. The maximum atomic E-state index is 6.07. The van der Waals surface area contributed by atoms with Gasteiger partial charge in [0.2, 0.25) is 0 Å². The summed E-state index contributed by atoms with van der Waals surface area (Å²) >= 11 is 12.1. The van der Waals surface area contributed by atoms with E-state index in [0.29, 0.717) is 40.2 Å². The monoisotopic (exact) mass is 304 g/mol. The summed E-state index contributed by atoms with van der Waals surface area (Å²) in [6.45, 7) is 10.0. The molecule has 0 amide bonds. The van der Waals surface area contributed by atoms with Crippen molar-refractivity contribution < 1.29 is 4.74 Å². The second-order valence-corrected chi connectivity index (χ2v) is 5.90. The molecule has 1 aromatic carbocycles. The van der Waals surface area contributed by atoms with Crippen molar-refractivity contribution in [3.8, 4) is 5.75 Å². The van der Waals surface area contributed by atoms with Crippen LogP contribution in [-0.2, 0) is 0 Å². The fraction of sp³-hybridized carbons (Fsp3) is 0.571. The van der Waals surface area contributed by atoms with Gasteiger partial charge in [-0.2, -0.15) is 0 Å². The van der Waals surface area contributed by atoms with E-state index in [2.05, 4.69) is 32.6 Å². The lowest BCUT2D eigenvalue weighted by molar-refractivity contribution is 0.142. The molecular weight excluding hydrogens is 283 g/mol. The summed E-state index contributed by atoms with van der Waals surface area (Å²) in [6, 6.07) is 4.23. The van der Waals surface area contributed by atoms with E-state index >= 15 is 0 Å². The second-order valence-electron chi connectivity index (χ2n) is 5.09. The van der Waals surface area contributed by atoms with E-state index in [1.54, 1.807) is 12.1 Å². The molecule has 0 atom stereocenters. The van der Waals surface area contributed by atoms with Gasteiger partial charge in [0.25, 0.3) is 0 Å². The highest BCUT2D eigenvalue weighted by Gasteiger charge is 2.14. The van der Waals surface area contributed by atoms with Crippen molar-refractivity contribution in [2.75, 3.05) is 18.9 Å². The van der Waals surface area contributed by atoms with Crippen LogP contribution in [0, 0.1) is 0 Å². The summed E-state index contributed by atoms with van der Waals surface area (Å²) in [6.07, 6.45) is 0. The summed E-state index contributed by atoms with van der Waals surface area (Å²) in [4.78, 5) is 2.35. The molecule has 1 rings (SSSR count). The van der Waals surface area contributed by atoms with Crippen LogP contribution in [0.4, 0.5) is 5.69 Å². The Balaban J connectivity index is 2.63. The van der Waals surface area contributed by atoms with Gasteiger partial charge >= 0.3 is 0 Å². The van der Waals surface area contributed by atoms with Crippen LogP contribution in [0.25, 0.3) is 0 Å². The first-order chi connectivity index (χ1) is 8.82. The lowest BCUT2D eigenvalue weighted by atomic mass is 10.2. The fourth-order valence-electron chi connectivity index (χ4n) is 2.08. The van der Waals surface area contributed by atoms with Gasteiger partial charge in [0.1, 0.15) is 6.61 Å². The van der Waals surface area contributed by atoms with Crippen LogP contribution in [0.1, 0.15) is 27.7 Å². The first-order valence-corrected chi connectivity index (χ1v) is 7.21. The molecule has 0 aliphatic carbocycles. The van der Waals surface area contributed by atoms with Crippen LogP contribution in [-0.4, -0.2) is 30.1 Å². The summed E-state index contributed by atoms with van der Waals surface area (Å²) in [7, 11) is 0. The molecule has 0 fully saturated rings. The summed E-state index contributed by atoms with van der Waals surface area (Å²) in [5, 5.41) is 0.899. The highest BCUT2D eigenvalue weighted by atomic mass is 35.5. The standard InChI is InChI=1S/C14H22Cl2N2O/c1-9(2)18(10(3)4)5-6-19-14-12(15)7-11(17)8-13(14)16/h7-10H,5-6,17H2,1-4H3. The van der Waals surface area contributed by atoms with E-state index in [0.717, 1.165) is 6.54 Å². The minimum Gasteiger partial charge on any atom is -0.489 e. The summed E-state index contributed by atoms with van der Waals surface area (Å²) < 4.78 is 5.69. The molecule has 1 aromatic rings. The Hall–Kier alpha value is -0.640. The average molecular weight is 305 g/mol. The van der Waals surface area contributed by atoms with Gasteiger partial charge in [-0.1, -0.05) is 23.2 Å². The van der Waals surface area contributed by atoms with Gasteiger partial charge < -0.3 is 10.5 Å². The predicted molar refractivity (Wildman–Crippen MR) is 83.3 cm³/mol. The lowest BCUT2D eigenvalue weighted by Gasteiger charge is -2.30. The van der Waals surface area contributed by atoms with Gasteiger partial charge in [0, 0.05) is 24.3 Å². The van der Waals surface area contributed by atoms with Crippen LogP contribution in [0.5, 0.6) is 5.75 Å². The molecule has 19 heavy (non-hydrogen) atoms. The minimum absolute atomic E-state index is 0.450. The SMILES string of the molecule is CC(C)N(CCOc1c(Cl)cc(N)cc1Cl)C(C)C. The Morgan fingerprint density at radius 1 is 1.11 bits per heavy atom. The maximum absolute atomic E-state index is 6.07. The van der Waals surface area contributed by atoms with Gasteiger partial charge in [0.05, 0.1) is 10.0 Å². The Bertz CT molecular complexity index is 391. The van der Waals surface area contributed by atoms with E-state index < -0.39 is 0 Å². The number of rotatable bonds is 6. The molecule has 0 spiro atoms. The number of nitrogens with two attached hydrogens (primary N) is 1. The van der Waals surface area contributed by atoms with Crippen LogP contribution in [0.3, 0.4) is 0 Å².